The fourth-order valence-corrected chi connectivity index (χ4v) is 1.62. The fourth-order valence-electron chi connectivity index (χ4n) is 0.885. The highest BCUT2D eigenvalue weighted by atomic mass is 79.9. The minimum Gasteiger partial charge on any atom is -0.292 e. The molecule has 0 aromatic carbocycles. The molecule has 0 amide bonds. The largest absolute Gasteiger partial charge is 0.292 e. The summed E-state index contributed by atoms with van der Waals surface area (Å²) in [6.45, 7) is 3.72. The van der Waals surface area contributed by atoms with Gasteiger partial charge in [-0.25, -0.2) is 5.90 Å². The van der Waals surface area contributed by atoms with Crippen LogP contribution in [-0.2, 0) is 10.4 Å². The van der Waals surface area contributed by atoms with Crippen molar-refractivity contribution < 1.29 is 4.84 Å². The lowest BCUT2D eigenvalue weighted by molar-refractivity contribution is -0.0273. The molecule has 0 aliphatic carbocycles. The highest BCUT2D eigenvalue weighted by molar-refractivity contribution is 9.10. The molecule has 0 spiro atoms. The summed E-state index contributed by atoms with van der Waals surface area (Å²) in [6, 6.07) is 3.75. The van der Waals surface area contributed by atoms with Gasteiger partial charge in [0, 0.05) is 10.7 Å². The van der Waals surface area contributed by atoms with E-state index in [0.717, 1.165) is 10.2 Å². The summed E-state index contributed by atoms with van der Waals surface area (Å²) in [7, 11) is 0. The van der Waals surface area contributed by atoms with Crippen LogP contribution in [0, 0.1) is 0 Å². The highest BCUT2D eigenvalue weighted by Gasteiger charge is 2.24. The zero-order valence-electron chi connectivity index (χ0n) is 7.04. The zero-order chi connectivity index (χ0) is 9.19. The van der Waals surface area contributed by atoms with Crippen molar-refractivity contribution in [3.05, 3.63) is 28.5 Å². The smallest absolute Gasteiger partial charge is 0.127 e. The van der Waals surface area contributed by atoms with E-state index in [1.165, 1.54) is 0 Å². The Hall–Kier alpha value is -0.450. The number of hydrogen-bond acceptors (Lipinski definition) is 3. The van der Waals surface area contributed by atoms with Gasteiger partial charge in [-0.3, -0.25) is 9.82 Å². The van der Waals surface area contributed by atoms with Gasteiger partial charge in [-0.15, -0.1) is 0 Å². The lowest BCUT2D eigenvalue weighted by Crippen LogP contribution is -2.26. The van der Waals surface area contributed by atoms with Gasteiger partial charge in [-0.2, -0.15) is 0 Å². The van der Waals surface area contributed by atoms with Crippen molar-refractivity contribution in [2.24, 2.45) is 5.90 Å². The van der Waals surface area contributed by atoms with E-state index in [2.05, 4.69) is 20.9 Å². The Balaban J connectivity index is 3.10. The summed E-state index contributed by atoms with van der Waals surface area (Å²) in [5, 5.41) is 0. The SMILES string of the molecule is CC(C)(ON)c1ncccc1Br. The van der Waals surface area contributed by atoms with Crippen LogP contribution in [0.4, 0.5) is 0 Å². The molecule has 4 heteroatoms. The topological polar surface area (TPSA) is 48.1 Å². The van der Waals surface area contributed by atoms with E-state index in [4.69, 9.17) is 10.7 Å². The Morgan fingerprint density at radius 1 is 1.58 bits per heavy atom. The van der Waals surface area contributed by atoms with Crippen LogP contribution >= 0.6 is 15.9 Å². The van der Waals surface area contributed by atoms with E-state index >= 15 is 0 Å². The van der Waals surface area contributed by atoms with Crippen molar-refractivity contribution in [2.45, 2.75) is 19.4 Å². The zero-order valence-corrected chi connectivity index (χ0v) is 8.63. The van der Waals surface area contributed by atoms with E-state index in [1.807, 2.05) is 26.0 Å². The quantitative estimate of drug-likeness (QED) is 0.791. The van der Waals surface area contributed by atoms with Crippen molar-refractivity contribution in [1.29, 1.82) is 0 Å². The van der Waals surface area contributed by atoms with Gasteiger partial charge < -0.3 is 0 Å². The maximum Gasteiger partial charge on any atom is 0.127 e. The predicted octanol–water partition coefficient (Wildman–Crippen LogP) is 1.97. The number of rotatable bonds is 2. The van der Waals surface area contributed by atoms with Crippen LogP contribution in [0.3, 0.4) is 0 Å². The maximum atomic E-state index is 5.15. The van der Waals surface area contributed by atoms with Gasteiger partial charge in [0.15, 0.2) is 0 Å². The Morgan fingerprint density at radius 2 is 2.25 bits per heavy atom. The molecular formula is C8H11BrN2O. The van der Waals surface area contributed by atoms with Crippen LogP contribution in [0.5, 0.6) is 0 Å². The lowest BCUT2D eigenvalue weighted by atomic mass is 10.1. The van der Waals surface area contributed by atoms with Crippen LogP contribution in [0.15, 0.2) is 22.8 Å². The molecule has 1 aromatic heterocycles. The second kappa shape index (κ2) is 3.51. The summed E-state index contributed by atoms with van der Waals surface area (Å²) in [5.41, 5.74) is 0.243. The Kier molecular flexibility index (Phi) is 2.82. The molecule has 0 saturated heterocycles. The number of hydrogen-bond donors (Lipinski definition) is 1. The van der Waals surface area contributed by atoms with Crippen LogP contribution in [-0.4, -0.2) is 4.98 Å². The van der Waals surface area contributed by atoms with Crippen molar-refractivity contribution in [3.63, 3.8) is 0 Å². The van der Waals surface area contributed by atoms with Crippen LogP contribution in [0.1, 0.15) is 19.5 Å². The van der Waals surface area contributed by atoms with E-state index in [-0.39, 0.29) is 0 Å². The minimum atomic E-state index is -0.555. The fraction of sp³-hybridized carbons (Fsp3) is 0.375. The van der Waals surface area contributed by atoms with E-state index in [0.29, 0.717) is 0 Å². The number of aromatic nitrogens is 1. The van der Waals surface area contributed by atoms with Crippen molar-refractivity contribution in [1.82, 2.24) is 4.98 Å². The summed E-state index contributed by atoms with van der Waals surface area (Å²) < 4.78 is 0.903. The normalized spacial score (nSPS) is 11.7. The number of halogens is 1. The van der Waals surface area contributed by atoms with E-state index in [9.17, 15) is 0 Å². The summed E-state index contributed by atoms with van der Waals surface area (Å²) >= 11 is 3.37. The Morgan fingerprint density at radius 3 is 2.75 bits per heavy atom. The van der Waals surface area contributed by atoms with E-state index < -0.39 is 5.60 Å². The summed E-state index contributed by atoms with van der Waals surface area (Å²) in [5.74, 6) is 5.15. The second-order valence-electron chi connectivity index (χ2n) is 2.96. The molecule has 66 valence electrons. The van der Waals surface area contributed by atoms with Gasteiger partial charge in [0.05, 0.1) is 5.69 Å². The molecule has 1 rings (SSSR count). The third-order valence-electron chi connectivity index (χ3n) is 1.62. The maximum absolute atomic E-state index is 5.15. The van der Waals surface area contributed by atoms with Crippen molar-refractivity contribution in [3.8, 4) is 0 Å². The van der Waals surface area contributed by atoms with Gasteiger partial charge in [-0.1, -0.05) is 0 Å². The van der Waals surface area contributed by atoms with Crippen molar-refractivity contribution >= 4 is 15.9 Å². The van der Waals surface area contributed by atoms with Gasteiger partial charge in [0.25, 0.3) is 0 Å². The molecule has 0 radical (unpaired) electrons. The Labute approximate surface area is 80.0 Å². The Bertz CT molecular complexity index is 276. The standard InChI is InChI=1S/C8H11BrN2O/c1-8(2,12-10)7-6(9)4-3-5-11-7/h3-5H,10H2,1-2H3. The molecule has 0 fully saturated rings. The summed E-state index contributed by atoms with van der Waals surface area (Å²) in [4.78, 5) is 8.98. The number of pyridine rings is 1. The lowest BCUT2D eigenvalue weighted by Gasteiger charge is -2.21. The van der Waals surface area contributed by atoms with Crippen LogP contribution < -0.4 is 5.90 Å². The van der Waals surface area contributed by atoms with Gasteiger partial charge in [0.1, 0.15) is 5.60 Å². The third-order valence-corrected chi connectivity index (χ3v) is 2.26. The molecule has 0 aliphatic rings. The molecule has 2 N–H and O–H groups in total. The third kappa shape index (κ3) is 1.83. The van der Waals surface area contributed by atoms with Crippen molar-refractivity contribution in [2.75, 3.05) is 0 Å². The first-order valence-corrected chi connectivity index (χ1v) is 4.36. The molecule has 0 aliphatic heterocycles. The highest BCUT2D eigenvalue weighted by Crippen LogP contribution is 2.27. The molecule has 1 aromatic rings. The number of nitrogens with two attached hydrogens (primary N) is 1. The first-order chi connectivity index (χ1) is 5.58. The molecule has 0 atom stereocenters. The second-order valence-corrected chi connectivity index (χ2v) is 3.82. The molecule has 3 nitrogen and oxygen atoms in total. The van der Waals surface area contributed by atoms with Gasteiger partial charge >= 0.3 is 0 Å². The average molecular weight is 231 g/mol. The molecule has 0 unspecified atom stereocenters. The van der Waals surface area contributed by atoms with Crippen LogP contribution in [0.2, 0.25) is 0 Å². The molecular weight excluding hydrogens is 220 g/mol. The minimum absolute atomic E-state index is 0.555. The predicted molar refractivity (Wildman–Crippen MR) is 50.2 cm³/mol. The van der Waals surface area contributed by atoms with E-state index in [1.54, 1.807) is 6.20 Å². The average Bonchev–Trinajstić information content (AvgIpc) is 2.05. The molecule has 0 bridgehead atoms. The van der Waals surface area contributed by atoms with Gasteiger partial charge in [0.2, 0.25) is 0 Å². The summed E-state index contributed by atoms with van der Waals surface area (Å²) in [6.07, 6.45) is 1.71. The van der Waals surface area contributed by atoms with Crippen LogP contribution in [0.25, 0.3) is 0 Å². The molecule has 0 saturated carbocycles. The monoisotopic (exact) mass is 230 g/mol. The number of nitrogens with zero attached hydrogens (tertiary/aromatic N) is 1. The first kappa shape index (κ1) is 9.64. The molecule has 1 heterocycles. The van der Waals surface area contributed by atoms with Gasteiger partial charge in [-0.05, 0) is 41.9 Å². The first-order valence-electron chi connectivity index (χ1n) is 3.57. The molecule has 12 heavy (non-hydrogen) atoms.